The first-order chi connectivity index (χ1) is 12.0. The molecule has 0 atom stereocenters. The van der Waals surface area contributed by atoms with E-state index in [0.717, 1.165) is 22.3 Å². The molecule has 4 nitrogen and oxygen atoms in total. The number of rotatable bonds is 4. The zero-order chi connectivity index (χ0) is 18.0. The van der Waals surface area contributed by atoms with Gasteiger partial charge in [0.25, 0.3) is 0 Å². The van der Waals surface area contributed by atoms with Crippen molar-refractivity contribution >= 4 is 5.97 Å². The van der Waals surface area contributed by atoms with Crippen molar-refractivity contribution < 1.29 is 14.6 Å². The summed E-state index contributed by atoms with van der Waals surface area (Å²) in [5, 5.41) is 9.47. The van der Waals surface area contributed by atoms with Gasteiger partial charge in [0, 0.05) is 5.56 Å². The van der Waals surface area contributed by atoms with E-state index in [2.05, 4.69) is 4.98 Å². The van der Waals surface area contributed by atoms with Crippen molar-refractivity contribution in [2.45, 2.75) is 20.8 Å². The summed E-state index contributed by atoms with van der Waals surface area (Å²) < 4.78 is 5.96. The van der Waals surface area contributed by atoms with Crippen LogP contribution >= 0.6 is 0 Å². The molecule has 3 rings (SSSR count). The molecule has 0 aliphatic carbocycles. The maximum atomic E-state index is 11.6. The summed E-state index contributed by atoms with van der Waals surface area (Å²) >= 11 is 0. The number of hydrogen-bond acceptors (Lipinski definition) is 3. The molecule has 4 heteroatoms. The number of aryl methyl sites for hydroxylation is 3. The third-order valence-corrected chi connectivity index (χ3v) is 3.96. The summed E-state index contributed by atoms with van der Waals surface area (Å²) in [5.74, 6) is -0.320. The fourth-order valence-electron chi connectivity index (χ4n) is 2.88. The lowest BCUT2D eigenvalue weighted by atomic mass is 10.1. The average molecular weight is 333 g/mol. The molecule has 2 aromatic carbocycles. The lowest BCUT2D eigenvalue weighted by Gasteiger charge is -2.14. The van der Waals surface area contributed by atoms with E-state index in [0.29, 0.717) is 11.4 Å². The van der Waals surface area contributed by atoms with Gasteiger partial charge < -0.3 is 9.84 Å². The summed E-state index contributed by atoms with van der Waals surface area (Å²) in [6, 6.07) is 16.8. The predicted molar refractivity (Wildman–Crippen MR) is 97.4 cm³/mol. The van der Waals surface area contributed by atoms with Gasteiger partial charge in [-0.1, -0.05) is 48.0 Å². The molecular weight excluding hydrogens is 314 g/mol. The largest absolute Gasteiger partial charge is 0.477 e. The third-order valence-electron chi connectivity index (χ3n) is 3.96. The van der Waals surface area contributed by atoms with E-state index >= 15 is 0 Å². The summed E-state index contributed by atoms with van der Waals surface area (Å²) in [4.78, 5) is 16.0. The van der Waals surface area contributed by atoms with Crippen LogP contribution in [0.1, 0.15) is 27.0 Å². The van der Waals surface area contributed by atoms with Crippen LogP contribution in [-0.2, 0) is 0 Å². The Kier molecular flexibility index (Phi) is 4.52. The Morgan fingerprint density at radius 1 is 0.960 bits per heavy atom. The maximum Gasteiger partial charge on any atom is 0.341 e. The highest BCUT2D eigenvalue weighted by Gasteiger charge is 2.17. The molecule has 1 heterocycles. The molecule has 0 saturated carbocycles. The average Bonchev–Trinajstić information content (AvgIpc) is 2.58. The first-order valence-corrected chi connectivity index (χ1v) is 8.01. The number of carboxylic acid groups (broad SMARTS) is 1. The summed E-state index contributed by atoms with van der Waals surface area (Å²) in [5.41, 5.74) is 4.64. The van der Waals surface area contributed by atoms with E-state index in [4.69, 9.17) is 4.74 Å². The van der Waals surface area contributed by atoms with Gasteiger partial charge in [-0.3, -0.25) is 0 Å². The van der Waals surface area contributed by atoms with E-state index in [1.165, 1.54) is 6.07 Å². The third kappa shape index (κ3) is 3.53. The monoisotopic (exact) mass is 333 g/mol. The molecule has 0 aliphatic heterocycles. The number of carboxylic acids is 1. The molecule has 0 saturated heterocycles. The zero-order valence-electron chi connectivity index (χ0n) is 14.4. The van der Waals surface area contributed by atoms with Crippen LogP contribution < -0.4 is 4.74 Å². The second kappa shape index (κ2) is 6.77. The van der Waals surface area contributed by atoms with Crippen LogP contribution in [-0.4, -0.2) is 16.1 Å². The number of pyridine rings is 1. The van der Waals surface area contributed by atoms with Crippen molar-refractivity contribution in [3.63, 3.8) is 0 Å². The number of hydrogen-bond donors (Lipinski definition) is 1. The van der Waals surface area contributed by atoms with Gasteiger partial charge in [0.2, 0.25) is 5.88 Å². The number of ether oxygens (including phenoxy) is 1. The summed E-state index contributed by atoms with van der Waals surface area (Å²) in [7, 11) is 0. The highest BCUT2D eigenvalue weighted by Crippen LogP contribution is 2.32. The second-order valence-electron chi connectivity index (χ2n) is 6.05. The molecule has 0 aliphatic rings. The van der Waals surface area contributed by atoms with E-state index in [-0.39, 0.29) is 11.4 Å². The van der Waals surface area contributed by atoms with Crippen LogP contribution in [0.25, 0.3) is 11.3 Å². The normalized spacial score (nSPS) is 10.5. The van der Waals surface area contributed by atoms with Crippen molar-refractivity contribution in [3.05, 3.63) is 76.9 Å². The zero-order valence-corrected chi connectivity index (χ0v) is 14.4. The Balaban J connectivity index is 2.09. The number of benzene rings is 2. The van der Waals surface area contributed by atoms with E-state index < -0.39 is 5.97 Å². The molecule has 25 heavy (non-hydrogen) atoms. The van der Waals surface area contributed by atoms with Gasteiger partial charge in [0.15, 0.2) is 0 Å². The second-order valence-corrected chi connectivity index (χ2v) is 6.05. The van der Waals surface area contributed by atoms with E-state index in [1.54, 1.807) is 6.07 Å². The molecular formula is C21H19NO3. The lowest BCUT2D eigenvalue weighted by molar-refractivity contribution is 0.0693. The Morgan fingerprint density at radius 3 is 2.20 bits per heavy atom. The van der Waals surface area contributed by atoms with Crippen LogP contribution in [0.3, 0.4) is 0 Å². The fraction of sp³-hybridized carbons (Fsp3) is 0.143. The first-order valence-electron chi connectivity index (χ1n) is 8.01. The van der Waals surface area contributed by atoms with Crippen LogP contribution in [0.15, 0.2) is 54.6 Å². The molecule has 0 spiro atoms. The fourth-order valence-corrected chi connectivity index (χ4v) is 2.88. The highest BCUT2D eigenvalue weighted by atomic mass is 16.5. The Bertz CT molecular complexity index is 910. The van der Waals surface area contributed by atoms with Crippen LogP contribution in [0.5, 0.6) is 11.6 Å². The lowest BCUT2D eigenvalue weighted by Crippen LogP contribution is -2.04. The van der Waals surface area contributed by atoms with Crippen molar-refractivity contribution in [1.29, 1.82) is 0 Å². The van der Waals surface area contributed by atoms with Gasteiger partial charge >= 0.3 is 5.97 Å². The van der Waals surface area contributed by atoms with Gasteiger partial charge in [-0.05, 0) is 44.0 Å². The first kappa shape index (κ1) is 16.7. The molecule has 0 bridgehead atoms. The molecule has 0 unspecified atom stereocenters. The highest BCUT2D eigenvalue weighted by molar-refractivity contribution is 5.90. The van der Waals surface area contributed by atoms with Gasteiger partial charge in [0.1, 0.15) is 11.3 Å². The molecule has 0 fully saturated rings. The maximum absolute atomic E-state index is 11.6. The van der Waals surface area contributed by atoms with Crippen molar-refractivity contribution in [3.8, 4) is 22.9 Å². The minimum Gasteiger partial charge on any atom is -0.477 e. The van der Waals surface area contributed by atoms with Gasteiger partial charge in [-0.25, -0.2) is 9.78 Å². The quantitative estimate of drug-likeness (QED) is 0.716. The van der Waals surface area contributed by atoms with E-state index in [9.17, 15) is 9.90 Å². The van der Waals surface area contributed by atoms with Gasteiger partial charge in [-0.15, -0.1) is 0 Å². The van der Waals surface area contributed by atoms with Crippen molar-refractivity contribution in [2.75, 3.05) is 0 Å². The van der Waals surface area contributed by atoms with Crippen LogP contribution in [0.4, 0.5) is 0 Å². The van der Waals surface area contributed by atoms with Gasteiger partial charge in [0.05, 0.1) is 5.69 Å². The standard InChI is InChI=1S/C21H19NO3/c1-13-11-14(2)19(15(3)12-13)25-20-17(21(23)24)9-10-18(22-20)16-7-5-4-6-8-16/h4-12H,1-3H3,(H,23,24). The molecule has 1 aromatic heterocycles. The van der Waals surface area contributed by atoms with Gasteiger partial charge in [-0.2, -0.15) is 0 Å². The minimum atomic E-state index is -1.07. The Hall–Kier alpha value is -3.14. The van der Waals surface area contributed by atoms with Crippen molar-refractivity contribution in [1.82, 2.24) is 4.98 Å². The van der Waals surface area contributed by atoms with Crippen LogP contribution in [0.2, 0.25) is 0 Å². The number of carbonyl (C=O) groups is 1. The molecule has 3 aromatic rings. The number of aromatic carboxylic acids is 1. The summed E-state index contributed by atoms with van der Waals surface area (Å²) in [6.07, 6.45) is 0. The molecule has 126 valence electrons. The topological polar surface area (TPSA) is 59.4 Å². The van der Waals surface area contributed by atoms with Crippen LogP contribution in [0, 0.1) is 20.8 Å². The molecule has 1 N–H and O–H groups in total. The minimum absolute atomic E-state index is 0.0408. The predicted octanol–water partition coefficient (Wildman–Crippen LogP) is 5.16. The SMILES string of the molecule is Cc1cc(C)c(Oc2nc(-c3ccccc3)ccc2C(=O)O)c(C)c1. The Labute approximate surface area is 146 Å². The number of nitrogens with zero attached hydrogens (tertiary/aromatic N) is 1. The summed E-state index contributed by atoms with van der Waals surface area (Å²) in [6.45, 7) is 5.90. The van der Waals surface area contributed by atoms with E-state index in [1.807, 2.05) is 63.2 Å². The Morgan fingerprint density at radius 2 is 1.60 bits per heavy atom. The molecule has 0 radical (unpaired) electrons. The van der Waals surface area contributed by atoms with Crippen molar-refractivity contribution in [2.24, 2.45) is 0 Å². The smallest absolute Gasteiger partial charge is 0.341 e. The number of aromatic nitrogens is 1. The molecule has 0 amide bonds.